The Kier molecular flexibility index (Phi) is 5.57. The van der Waals surface area contributed by atoms with E-state index in [0.717, 1.165) is 49.3 Å². The molecule has 0 amide bonds. The molecule has 6 heteroatoms. The van der Waals surface area contributed by atoms with Crippen LogP contribution in [-0.4, -0.2) is 23.5 Å². The average molecular weight is 764 g/mol. The van der Waals surface area contributed by atoms with Crippen LogP contribution in [0.25, 0.3) is 137 Å². The summed E-state index contributed by atoms with van der Waals surface area (Å²) in [4.78, 5) is 11.2. The van der Waals surface area contributed by atoms with Crippen LogP contribution in [-0.2, 0) is 0 Å². The summed E-state index contributed by atoms with van der Waals surface area (Å²) in [5.74, 6) is 1.30. The van der Waals surface area contributed by atoms with Gasteiger partial charge in [0, 0.05) is 53.9 Å². The van der Waals surface area contributed by atoms with Gasteiger partial charge in [0.15, 0.2) is 11.4 Å². The lowest BCUT2D eigenvalue weighted by molar-refractivity contribution is 0.661. The number of para-hydroxylation sites is 4. The maximum absolute atomic E-state index is 6.81. The Morgan fingerprint density at radius 1 is 0.367 bits per heavy atom. The van der Waals surface area contributed by atoms with Gasteiger partial charge in [-0.15, -0.1) is 0 Å². The summed E-state index contributed by atoms with van der Waals surface area (Å²) in [7, 11) is 0. The lowest BCUT2D eigenvalue weighted by Crippen LogP contribution is -2.06. The normalized spacial score (nSPS) is 12.7. The van der Waals surface area contributed by atoms with Gasteiger partial charge >= 0.3 is 0 Å². The van der Waals surface area contributed by atoms with Crippen LogP contribution in [0.5, 0.6) is 0 Å². The van der Waals surface area contributed by atoms with Crippen LogP contribution in [0.15, 0.2) is 180 Å². The summed E-state index contributed by atoms with van der Waals surface area (Å²) in [6.07, 6.45) is 0. The molecule has 6 aromatic heterocycles. The number of rotatable bonds is 2. The first kappa shape index (κ1) is 30.9. The second kappa shape index (κ2) is 10.8. The molecule has 9 aromatic carbocycles. The molecule has 0 spiro atoms. The van der Waals surface area contributed by atoms with E-state index < -0.39 is 0 Å². The number of fused-ring (bicyclic) bond motifs is 20. The predicted molar refractivity (Wildman–Crippen MR) is 248 cm³/mol. The Labute approximate surface area is 339 Å². The fourth-order valence-corrected chi connectivity index (χ4v) is 10.7. The van der Waals surface area contributed by atoms with E-state index in [1.54, 1.807) is 0 Å². The summed E-state index contributed by atoms with van der Waals surface area (Å²) < 4.78 is 13.9. The molecule has 15 aromatic rings. The van der Waals surface area contributed by atoms with Crippen molar-refractivity contribution in [2.45, 2.75) is 0 Å². The molecule has 0 atom stereocenters. The molecular weight excluding hydrogens is 735 g/mol. The Hall–Kier alpha value is -8.22. The highest BCUT2D eigenvalue weighted by Gasteiger charge is 2.28. The number of furan rings is 1. The Balaban J connectivity index is 1.17. The zero-order valence-corrected chi connectivity index (χ0v) is 31.9. The highest BCUT2D eigenvalue weighted by molar-refractivity contribution is 6.36. The Bertz CT molecular complexity index is 4370. The quantitative estimate of drug-likeness (QED) is 0.176. The SMILES string of the molecule is c1ccc2c(c1)ccc1c2c2ccccc2n1-c1nc(-n2c3ccccc3c3cc4c5ccccc5n5c6c7ccccc7ccc6c(c32)c45)nc2c1oc1ccccc12. The van der Waals surface area contributed by atoms with Crippen molar-refractivity contribution in [3.8, 4) is 11.8 Å². The molecule has 6 heterocycles. The second-order valence-corrected chi connectivity index (χ2v) is 16.1. The molecular formula is C54H29N5O. The molecule has 6 nitrogen and oxygen atoms in total. The van der Waals surface area contributed by atoms with E-state index in [2.05, 4.69) is 177 Å². The van der Waals surface area contributed by atoms with Crippen molar-refractivity contribution < 1.29 is 4.42 Å². The fourth-order valence-electron chi connectivity index (χ4n) is 10.7. The van der Waals surface area contributed by atoms with Gasteiger partial charge in [0.2, 0.25) is 5.95 Å². The summed E-state index contributed by atoms with van der Waals surface area (Å²) in [5, 5.41) is 15.4. The monoisotopic (exact) mass is 763 g/mol. The largest absolute Gasteiger partial charge is 0.450 e. The van der Waals surface area contributed by atoms with Gasteiger partial charge in [-0.1, -0.05) is 133 Å². The predicted octanol–water partition coefficient (Wildman–Crippen LogP) is 14.0. The molecule has 276 valence electrons. The third kappa shape index (κ3) is 3.66. The molecule has 0 unspecified atom stereocenters. The highest BCUT2D eigenvalue weighted by Crippen LogP contribution is 2.48. The lowest BCUT2D eigenvalue weighted by atomic mass is 10.0. The van der Waals surface area contributed by atoms with Crippen LogP contribution in [0, 0.1) is 0 Å². The average Bonchev–Trinajstić information content (AvgIpc) is 4.10. The van der Waals surface area contributed by atoms with Crippen molar-refractivity contribution in [1.29, 1.82) is 0 Å². The Morgan fingerprint density at radius 3 is 1.78 bits per heavy atom. The summed E-state index contributed by atoms with van der Waals surface area (Å²) in [6, 6.07) is 63.2. The van der Waals surface area contributed by atoms with E-state index in [9.17, 15) is 0 Å². The van der Waals surface area contributed by atoms with Crippen LogP contribution in [0.1, 0.15) is 0 Å². The van der Waals surface area contributed by atoms with E-state index in [1.807, 2.05) is 12.1 Å². The van der Waals surface area contributed by atoms with Gasteiger partial charge in [0.05, 0.1) is 38.6 Å². The second-order valence-electron chi connectivity index (χ2n) is 16.1. The van der Waals surface area contributed by atoms with Crippen LogP contribution in [0.4, 0.5) is 0 Å². The van der Waals surface area contributed by atoms with Gasteiger partial charge in [-0.3, -0.25) is 9.13 Å². The maximum Gasteiger partial charge on any atom is 0.237 e. The minimum atomic E-state index is 0.592. The van der Waals surface area contributed by atoms with Crippen molar-refractivity contribution in [1.82, 2.24) is 23.5 Å². The lowest BCUT2D eigenvalue weighted by Gasteiger charge is -2.12. The summed E-state index contributed by atoms with van der Waals surface area (Å²) in [6.45, 7) is 0. The van der Waals surface area contributed by atoms with E-state index in [1.165, 1.54) is 70.4 Å². The molecule has 0 saturated carbocycles. The number of hydrogen-bond acceptors (Lipinski definition) is 3. The van der Waals surface area contributed by atoms with Gasteiger partial charge in [-0.2, -0.15) is 4.98 Å². The minimum absolute atomic E-state index is 0.592. The van der Waals surface area contributed by atoms with Crippen LogP contribution >= 0.6 is 0 Å². The number of benzene rings is 9. The van der Waals surface area contributed by atoms with Gasteiger partial charge in [0.25, 0.3) is 0 Å². The highest BCUT2D eigenvalue weighted by atomic mass is 16.3. The Morgan fingerprint density at radius 2 is 0.967 bits per heavy atom. The summed E-state index contributed by atoms with van der Waals surface area (Å²) >= 11 is 0. The molecule has 0 bridgehead atoms. The van der Waals surface area contributed by atoms with Gasteiger partial charge in [-0.25, -0.2) is 4.98 Å². The first-order valence-corrected chi connectivity index (χ1v) is 20.4. The van der Waals surface area contributed by atoms with Crippen LogP contribution < -0.4 is 0 Å². The molecule has 60 heavy (non-hydrogen) atoms. The third-order valence-electron chi connectivity index (χ3n) is 13.1. The molecule has 0 aliphatic heterocycles. The van der Waals surface area contributed by atoms with Crippen LogP contribution in [0.2, 0.25) is 0 Å². The van der Waals surface area contributed by atoms with E-state index >= 15 is 0 Å². The van der Waals surface area contributed by atoms with Crippen molar-refractivity contribution >= 4 is 125 Å². The van der Waals surface area contributed by atoms with Crippen molar-refractivity contribution in [3.63, 3.8) is 0 Å². The third-order valence-corrected chi connectivity index (χ3v) is 13.1. The zero-order valence-electron chi connectivity index (χ0n) is 31.9. The minimum Gasteiger partial charge on any atom is -0.450 e. The van der Waals surface area contributed by atoms with E-state index in [-0.39, 0.29) is 0 Å². The van der Waals surface area contributed by atoms with Crippen molar-refractivity contribution in [2.24, 2.45) is 0 Å². The summed E-state index contributed by atoms with van der Waals surface area (Å²) in [5.41, 5.74) is 10.1. The molecule has 0 N–H and O–H groups in total. The van der Waals surface area contributed by atoms with E-state index in [0.29, 0.717) is 17.3 Å². The van der Waals surface area contributed by atoms with Gasteiger partial charge in [0.1, 0.15) is 11.1 Å². The van der Waals surface area contributed by atoms with Gasteiger partial charge in [-0.05, 0) is 58.6 Å². The number of nitrogens with zero attached hydrogens (tertiary/aromatic N) is 5. The maximum atomic E-state index is 6.81. The molecule has 0 saturated heterocycles. The van der Waals surface area contributed by atoms with E-state index in [4.69, 9.17) is 14.4 Å². The molecule has 0 aliphatic rings. The zero-order chi connectivity index (χ0) is 38.8. The number of hydrogen-bond donors (Lipinski definition) is 0. The molecule has 0 aliphatic carbocycles. The van der Waals surface area contributed by atoms with Crippen molar-refractivity contribution in [3.05, 3.63) is 176 Å². The molecule has 0 radical (unpaired) electrons. The first-order valence-electron chi connectivity index (χ1n) is 20.4. The molecule has 15 rings (SSSR count). The molecule has 0 fully saturated rings. The standard InChI is InChI=1S/C54H29N5O/c1-3-15-32-30(13-1)26-28-44-46(32)36-19-7-11-23-43(36)57(44)53-52-48(37-20-8-12-24-45(37)60-52)55-54(56-53)59-42-22-10-6-18-35(42)40-29-39-34-17-5-9-21-41(34)58-49-33-16-4-2-14-31(33)25-27-38(49)47(50(39)58)51(40)59/h1-29H. The number of aromatic nitrogens is 5. The van der Waals surface area contributed by atoms with Gasteiger partial charge < -0.3 is 8.82 Å². The van der Waals surface area contributed by atoms with Crippen molar-refractivity contribution in [2.75, 3.05) is 0 Å². The first-order chi connectivity index (χ1) is 29.8. The smallest absolute Gasteiger partial charge is 0.237 e. The van der Waals surface area contributed by atoms with Crippen LogP contribution in [0.3, 0.4) is 0 Å². The fraction of sp³-hybridized carbons (Fsp3) is 0. The topological polar surface area (TPSA) is 53.2 Å².